The second-order valence-corrected chi connectivity index (χ2v) is 5.51. The van der Waals surface area contributed by atoms with E-state index < -0.39 is 0 Å². The van der Waals surface area contributed by atoms with Crippen LogP contribution in [0.1, 0.15) is 65.5 Å². The van der Waals surface area contributed by atoms with E-state index in [1.165, 1.54) is 19.3 Å². The minimum Gasteiger partial charge on any atom is -0.346 e. The molecule has 112 valence electrons. The van der Waals surface area contributed by atoms with Crippen LogP contribution in [0.15, 0.2) is 10.8 Å². The van der Waals surface area contributed by atoms with Gasteiger partial charge >= 0.3 is 0 Å². The minimum absolute atomic E-state index is 0.133. The lowest BCUT2D eigenvalue weighted by molar-refractivity contribution is 0.0948. The van der Waals surface area contributed by atoms with E-state index >= 15 is 0 Å². The quantitative estimate of drug-likeness (QED) is 0.898. The van der Waals surface area contributed by atoms with Crippen LogP contribution in [0.2, 0.25) is 0 Å². The first-order valence-corrected chi connectivity index (χ1v) is 7.35. The third-order valence-electron chi connectivity index (χ3n) is 4.09. The SMILES string of the molecule is Cc1nonc1CNC(=O)c1cn[nH]c1C1CCCCC1. The summed E-state index contributed by atoms with van der Waals surface area (Å²) in [4.78, 5) is 12.3. The van der Waals surface area contributed by atoms with E-state index in [1.807, 2.05) is 0 Å². The van der Waals surface area contributed by atoms with Crippen LogP contribution >= 0.6 is 0 Å². The first kappa shape index (κ1) is 13.8. The van der Waals surface area contributed by atoms with Crippen LogP contribution in [-0.2, 0) is 6.54 Å². The molecule has 0 unspecified atom stereocenters. The molecule has 2 N–H and O–H groups in total. The minimum atomic E-state index is -0.133. The molecule has 0 bridgehead atoms. The molecule has 7 nitrogen and oxygen atoms in total. The van der Waals surface area contributed by atoms with Crippen molar-refractivity contribution in [3.05, 3.63) is 28.8 Å². The molecule has 2 aromatic rings. The van der Waals surface area contributed by atoms with Crippen molar-refractivity contribution >= 4 is 5.91 Å². The lowest BCUT2D eigenvalue weighted by Gasteiger charge is -2.21. The normalized spacial score (nSPS) is 16.0. The van der Waals surface area contributed by atoms with Gasteiger partial charge in [0.25, 0.3) is 5.91 Å². The van der Waals surface area contributed by atoms with Crippen LogP contribution in [-0.4, -0.2) is 26.4 Å². The number of nitrogens with zero attached hydrogens (tertiary/aromatic N) is 3. The zero-order valence-electron chi connectivity index (χ0n) is 12.1. The van der Waals surface area contributed by atoms with Crippen molar-refractivity contribution in [2.75, 3.05) is 0 Å². The first-order valence-electron chi connectivity index (χ1n) is 7.35. The Labute approximate surface area is 122 Å². The van der Waals surface area contributed by atoms with Gasteiger partial charge in [-0.05, 0) is 19.8 Å². The fourth-order valence-corrected chi connectivity index (χ4v) is 2.85. The van der Waals surface area contributed by atoms with Crippen molar-refractivity contribution in [3.8, 4) is 0 Å². The standard InChI is InChI=1S/C14H19N5O2/c1-9-12(19-21-18-9)8-15-14(20)11-7-16-17-13(11)10-5-3-2-4-6-10/h7,10H,2-6,8H2,1H3,(H,15,20)(H,16,17). The molecule has 0 spiro atoms. The Morgan fingerprint density at radius 3 is 2.90 bits per heavy atom. The van der Waals surface area contributed by atoms with Gasteiger partial charge in [-0.15, -0.1) is 0 Å². The summed E-state index contributed by atoms with van der Waals surface area (Å²) in [6.07, 6.45) is 7.56. The van der Waals surface area contributed by atoms with Crippen molar-refractivity contribution in [1.82, 2.24) is 25.8 Å². The van der Waals surface area contributed by atoms with Gasteiger partial charge in [0.1, 0.15) is 11.4 Å². The second-order valence-electron chi connectivity index (χ2n) is 5.51. The predicted octanol–water partition coefficient (Wildman–Crippen LogP) is 2.08. The maximum absolute atomic E-state index is 12.3. The van der Waals surface area contributed by atoms with Gasteiger partial charge in [-0.3, -0.25) is 9.89 Å². The van der Waals surface area contributed by atoms with E-state index in [0.717, 1.165) is 18.5 Å². The number of H-pyrrole nitrogens is 1. The number of hydrogen-bond acceptors (Lipinski definition) is 5. The number of aryl methyl sites for hydroxylation is 1. The van der Waals surface area contributed by atoms with E-state index in [2.05, 4.69) is 30.5 Å². The Morgan fingerprint density at radius 1 is 1.38 bits per heavy atom. The van der Waals surface area contributed by atoms with Crippen LogP contribution in [0.25, 0.3) is 0 Å². The Hall–Kier alpha value is -2.18. The molecule has 21 heavy (non-hydrogen) atoms. The third-order valence-corrected chi connectivity index (χ3v) is 4.09. The Balaban J connectivity index is 1.67. The summed E-state index contributed by atoms with van der Waals surface area (Å²) in [5, 5.41) is 17.3. The van der Waals surface area contributed by atoms with E-state index in [-0.39, 0.29) is 5.91 Å². The third kappa shape index (κ3) is 2.96. The molecule has 0 radical (unpaired) electrons. The Bertz CT molecular complexity index is 612. The molecule has 0 aliphatic heterocycles. The number of carbonyl (C=O) groups excluding carboxylic acids is 1. The summed E-state index contributed by atoms with van der Waals surface area (Å²) in [5.41, 5.74) is 2.93. The molecule has 1 aliphatic carbocycles. The topological polar surface area (TPSA) is 96.7 Å². The van der Waals surface area contributed by atoms with Gasteiger partial charge < -0.3 is 5.32 Å². The lowest BCUT2D eigenvalue weighted by Crippen LogP contribution is -2.24. The molecular weight excluding hydrogens is 270 g/mol. The van der Waals surface area contributed by atoms with Crippen molar-refractivity contribution in [2.45, 2.75) is 51.5 Å². The fourth-order valence-electron chi connectivity index (χ4n) is 2.85. The van der Waals surface area contributed by atoms with E-state index in [1.54, 1.807) is 13.1 Å². The average molecular weight is 289 g/mol. The second kappa shape index (κ2) is 6.07. The van der Waals surface area contributed by atoms with Gasteiger partial charge in [-0.25, -0.2) is 4.63 Å². The summed E-state index contributed by atoms with van der Waals surface area (Å²) in [5.74, 6) is 0.282. The van der Waals surface area contributed by atoms with Crippen molar-refractivity contribution in [1.29, 1.82) is 0 Å². The lowest BCUT2D eigenvalue weighted by atomic mass is 9.85. The van der Waals surface area contributed by atoms with Crippen LogP contribution in [0.4, 0.5) is 0 Å². The number of aromatic amines is 1. The highest BCUT2D eigenvalue weighted by atomic mass is 16.6. The molecule has 2 aromatic heterocycles. The summed E-state index contributed by atoms with van der Waals surface area (Å²) < 4.78 is 4.62. The van der Waals surface area contributed by atoms with Crippen LogP contribution in [0.5, 0.6) is 0 Å². The van der Waals surface area contributed by atoms with Gasteiger partial charge in [0.15, 0.2) is 0 Å². The zero-order chi connectivity index (χ0) is 14.7. The van der Waals surface area contributed by atoms with Crippen molar-refractivity contribution < 1.29 is 9.42 Å². The van der Waals surface area contributed by atoms with Gasteiger partial charge in [0, 0.05) is 5.92 Å². The molecule has 1 saturated carbocycles. The van der Waals surface area contributed by atoms with Gasteiger partial charge in [0.2, 0.25) is 0 Å². The summed E-state index contributed by atoms with van der Waals surface area (Å²) in [6, 6.07) is 0. The number of nitrogens with one attached hydrogen (secondary N) is 2. The highest BCUT2D eigenvalue weighted by molar-refractivity contribution is 5.95. The molecule has 0 aromatic carbocycles. The molecule has 7 heteroatoms. The summed E-state index contributed by atoms with van der Waals surface area (Å²) in [6.45, 7) is 2.10. The number of amides is 1. The molecule has 1 aliphatic rings. The fraction of sp³-hybridized carbons (Fsp3) is 0.571. The highest BCUT2D eigenvalue weighted by Gasteiger charge is 2.23. The molecular formula is C14H19N5O2. The van der Waals surface area contributed by atoms with E-state index in [4.69, 9.17) is 0 Å². The van der Waals surface area contributed by atoms with Gasteiger partial charge in [-0.1, -0.05) is 29.6 Å². The maximum Gasteiger partial charge on any atom is 0.255 e. The zero-order valence-corrected chi connectivity index (χ0v) is 12.1. The molecule has 0 atom stereocenters. The number of aromatic nitrogens is 4. The Morgan fingerprint density at radius 2 is 2.19 bits per heavy atom. The van der Waals surface area contributed by atoms with Gasteiger partial charge in [-0.2, -0.15) is 5.10 Å². The molecule has 1 fully saturated rings. The van der Waals surface area contributed by atoms with E-state index in [9.17, 15) is 4.79 Å². The largest absolute Gasteiger partial charge is 0.346 e. The number of rotatable bonds is 4. The van der Waals surface area contributed by atoms with E-state index in [0.29, 0.717) is 29.4 Å². The molecule has 3 rings (SSSR count). The smallest absolute Gasteiger partial charge is 0.255 e. The maximum atomic E-state index is 12.3. The summed E-state index contributed by atoms with van der Waals surface area (Å²) in [7, 11) is 0. The molecule has 1 amide bonds. The highest BCUT2D eigenvalue weighted by Crippen LogP contribution is 2.33. The Kier molecular flexibility index (Phi) is 3.98. The predicted molar refractivity (Wildman–Crippen MR) is 74.6 cm³/mol. The number of hydrogen-bond donors (Lipinski definition) is 2. The molecule has 2 heterocycles. The van der Waals surface area contributed by atoms with Crippen molar-refractivity contribution in [2.24, 2.45) is 0 Å². The van der Waals surface area contributed by atoms with Crippen LogP contribution in [0, 0.1) is 6.92 Å². The van der Waals surface area contributed by atoms with Gasteiger partial charge in [0.05, 0.1) is 24.0 Å². The molecule has 0 saturated heterocycles. The monoisotopic (exact) mass is 289 g/mol. The van der Waals surface area contributed by atoms with Crippen molar-refractivity contribution in [3.63, 3.8) is 0 Å². The number of carbonyl (C=O) groups is 1. The average Bonchev–Trinajstić information content (AvgIpc) is 3.15. The first-order chi connectivity index (χ1) is 10.3. The van der Waals surface area contributed by atoms with Crippen LogP contribution in [0.3, 0.4) is 0 Å². The summed E-state index contributed by atoms with van der Waals surface area (Å²) >= 11 is 0. The van der Waals surface area contributed by atoms with Crippen LogP contribution < -0.4 is 5.32 Å².